The number of imide groups is 1. The van der Waals surface area contributed by atoms with Crippen molar-refractivity contribution in [2.75, 3.05) is 7.11 Å². The number of hydrogen-bond donors (Lipinski definition) is 1. The maximum absolute atomic E-state index is 12.0. The number of carbonyl (C=O) groups excluding carboxylic acids is 2. The first-order valence-corrected chi connectivity index (χ1v) is 8.96. The molecule has 0 aliphatic rings. The van der Waals surface area contributed by atoms with E-state index in [0.29, 0.717) is 22.5 Å². The van der Waals surface area contributed by atoms with Crippen LogP contribution in [0.25, 0.3) is 11.4 Å². The number of ether oxygens (including phenoxy) is 1. The zero-order chi connectivity index (χ0) is 18.4. The molecule has 0 aliphatic carbocycles. The summed E-state index contributed by atoms with van der Waals surface area (Å²) in [4.78, 5) is 23.2. The molecule has 0 spiro atoms. The molecule has 0 saturated carbocycles. The topological polar surface area (TPSA) is 86.1 Å². The van der Waals surface area contributed by atoms with Crippen molar-refractivity contribution in [3.05, 3.63) is 29.3 Å². The van der Waals surface area contributed by atoms with Crippen LogP contribution in [0, 0.1) is 0 Å². The van der Waals surface area contributed by atoms with Crippen LogP contribution in [0.15, 0.2) is 29.4 Å². The molecule has 1 aromatic heterocycles. The Balaban J connectivity index is 2.22. The van der Waals surface area contributed by atoms with E-state index in [0.717, 1.165) is 12.0 Å². The van der Waals surface area contributed by atoms with E-state index in [-0.39, 0.29) is 0 Å². The third-order valence-electron chi connectivity index (χ3n) is 3.33. The summed E-state index contributed by atoms with van der Waals surface area (Å²) < 4.78 is 6.39. The third kappa shape index (κ3) is 4.96. The van der Waals surface area contributed by atoms with E-state index in [2.05, 4.69) is 20.3 Å². The van der Waals surface area contributed by atoms with Crippen molar-refractivity contribution in [2.24, 2.45) is 0 Å². The van der Waals surface area contributed by atoms with Crippen LogP contribution >= 0.6 is 23.4 Å². The van der Waals surface area contributed by atoms with Crippen molar-refractivity contribution in [1.82, 2.24) is 20.1 Å². The Kier molecular flexibility index (Phi) is 6.83. The standard InChI is InChI=1S/C16H19ClN4O3S/c1-4-9-21-13(11-5-7-12(17)8-6-11)19-20-15(21)25-10(2)14(22)18-16(23)24-3/h5-8,10H,4,9H2,1-3H3,(H,18,22,23)/t10-/m0/s1. The van der Waals surface area contributed by atoms with Crippen LogP contribution in [0.1, 0.15) is 20.3 Å². The van der Waals surface area contributed by atoms with Crippen LogP contribution in [-0.2, 0) is 16.1 Å². The molecule has 1 atom stereocenters. The van der Waals surface area contributed by atoms with Gasteiger partial charge in [-0.3, -0.25) is 10.1 Å². The highest BCUT2D eigenvalue weighted by Gasteiger charge is 2.22. The number of nitrogens with one attached hydrogen (secondary N) is 1. The minimum atomic E-state index is -0.783. The van der Waals surface area contributed by atoms with Crippen molar-refractivity contribution in [3.8, 4) is 11.4 Å². The molecule has 0 saturated heterocycles. The average Bonchev–Trinajstić information content (AvgIpc) is 2.98. The van der Waals surface area contributed by atoms with Gasteiger partial charge in [0.25, 0.3) is 0 Å². The predicted octanol–water partition coefficient (Wildman–Crippen LogP) is 3.37. The first-order chi connectivity index (χ1) is 12.0. The Morgan fingerprint density at radius 2 is 2.00 bits per heavy atom. The Morgan fingerprint density at radius 3 is 2.60 bits per heavy atom. The molecule has 25 heavy (non-hydrogen) atoms. The number of benzene rings is 1. The van der Waals surface area contributed by atoms with Crippen molar-refractivity contribution in [2.45, 2.75) is 37.2 Å². The summed E-state index contributed by atoms with van der Waals surface area (Å²) >= 11 is 7.17. The minimum Gasteiger partial charge on any atom is -0.453 e. The summed E-state index contributed by atoms with van der Waals surface area (Å²) in [6.07, 6.45) is 0.101. The molecule has 0 fully saturated rings. The fraction of sp³-hybridized carbons (Fsp3) is 0.375. The average molecular weight is 383 g/mol. The quantitative estimate of drug-likeness (QED) is 0.771. The van der Waals surface area contributed by atoms with Crippen LogP contribution < -0.4 is 5.32 Å². The molecule has 1 N–H and O–H groups in total. The largest absolute Gasteiger partial charge is 0.453 e. The van der Waals surface area contributed by atoms with E-state index in [9.17, 15) is 9.59 Å². The van der Waals surface area contributed by atoms with Gasteiger partial charge in [-0.25, -0.2) is 4.79 Å². The van der Waals surface area contributed by atoms with Gasteiger partial charge in [0.05, 0.1) is 12.4 Å². The summed E-state index contributed by atoms with van der Waals surface area (Å²) in [7, 11) is 1.21. The molecule has 9 heteroatoms. The minimum absolute atomic E-state index is 0.448. The van der Waals surface area contributed by atoms with Crippen molar-refractivity contribution >= 4 is 35.4 Å². The van der Waals surface area contributed by atoms with Gasteiger partial charge in [0.1, 0.15) is 0 Å². The molecular weight excluding hydrogens is 364 g/mol. The van der Waals surface area contributed by atoms with Crippen LogP contribution in [0.3, 0.4) is 0 Å². The van der Waals surface area contributed by atoms with Crippen molar-refractivity contribution in [3.63, 3.8) is 0 Å². The number of thioether (sulfide) groups is 1. The molecule has 7 nitrogen and oxygen atoms in total. The monoisotopic (exact) mass is 382 g/mol. The van der Waals surface area contributed by atoms with E-state index in [1.165, 1.54) is 18.9 Å². The van der Waals surface area contributed by atoms with Gasteiger partial charge in [0, 0.05) is 17.1 Å². The molecule has 134 valence electrons. The zero-order valence-corrected chi connectivity index (χ0v) is 15.7. The number of rotatable bonds is 6. The van der Waals surface area contributed by atoms with Crippen LogP contribution in [0.4, 0.5) is 4.79 Å². The molecule has 0 unspecified atom stereocenters. The summed E-state index contributed by atoms with van der Waals surface area (Å²) in [5, 5.41) is 11.3. The number of methoxy groups -OCH3 is 1. The van der Waals surface area contributed by atoms with Gasteiger partial charge in [0.15, 0.2) is 11.0 Å². The van der Waals surface area contributed by atoms with Gasteiger partial charge in [-0.1, -0.05) is 30.3 Å². The lowest BCUT2D eigenvalue weighted by Crippen LogP contribution is -2.36. The number of nitrogens with zero attached hydrogens (tertiary/aromatic N) is 3. The first kappa shape index (κ1) is 19.3. The fourth-order valence-corrected chi connectivity index (χ4v) is 3.08. The number of aromatic nitrogens is 3. The molecule has 0 aliphatic heterocycles. The van der Waals surface area contributed by atoms with Crippen molar-refractivity contribution < 1.29 is 14.3 Å². The van der Waals surface area contributed by atoms with Crippen LogP contribution in [-0.4, -0.2) is 39.1 Å². The molecule has 1 heterocycles. The highest BCUT2D eigenvalue weighted by Crippen LogP contribution is 2.27. The molecule has 2 amide bonds. The Labute approximate surface area is 155 Å². The second kappa shape index (κ2) is 8.87. The summed E-state index contributed by atoms with van der Waals surface area (Å²) in [5.41, 5.74) is 0.892. The van der Waals surface area contributed by atoms with E-state index >= 15 is 0 Å². The lowest BCUT2D eigenvalue weighted by molar-refractivity contribution is -0.119. The molecule has 0 bridgehead atoms. The van der Waals surface area contributed by atoms with Gasteiger partial charge in [0.2, 0.25) is 5.91 Å². The second-order valence-electron chi connectivity index (χ2n) is 5.21. The maximum Gasteiger partial charge on any atom is 0.413 e. The van der Waals surface area contributed by atoms with E-state index in [1.54, 1.807) is 19.1 Å². The number of carbonyl (C=O) groups is 2. The number of alkyl carbamates (subject to hydrolysis) is 1. The number of hydrogen-bond acceptors (Lipinski definition) is 6. The van der Waals surface area contributed by atoms with Gasteiger partial charge in [-0.15, -0.1) is 10.2 Å². The molecule has 2 aromatic rings. The lowest BCUT2D eigenvalue weighted by Gasteiger charge is -2.12. The van der Waals surface area contributed by atoms with Gasteiger partial charge >= 0.3 is 6.09 Å². The van der Waals surface area contributed by atoms with Crippen molar-refractivity contribution in [1.29, 1.82) is 0 Å². The number of halogens is 1. The zero-order valence-electron chi connectivity index (χ0n) is 14.2. The number of amides is 2. The van der Waals surface area contributed by atoms with E-state index in [4.69, 9.17) is 11.6 Å². The molecule has 0 radical (unpaired) electrons. The van der Waals surface area contributed by atoms with Crippen LogP contribution in [0.2, 0.25) is 5.02 Å². The summed E-state index contributed by atoms with van der Waals surface area (Å²) in [6, 6.07) is 7.34. The Morgan fingerprint density at radius 1 is 1.32 bits per heavy atom. The second-order valence-corrected chi connectivity index (χ2v) is 6.95. The van der Waals surface area contributed by atoms with Crippen LogP contribution in [0.5, 0.6) is 0 Å². The normalized spacial score (nSPS) is 11.8. The predicted molar refractivity (Wildman–Crippen MR) is 96.6 cm³/mol. The fourth-order valence-electron chi connectivity index (χ4n) is 2.08. The van der Waals surface area contributed by atoms with Gasteiger partial charge in [-0.05, 0) is 37.6 Å². The van der Waals surface area contributed by atoms with Gasteiger partial charge in [-0.2, -0.15) is 0 Å². The summed E-state index contributed by atoms with van der Waals surface area (Å²) in [5.74, 6) is 0.262. The molecule has 1 aromatic carbocycles. The first-order valence-electron chi connectivity index (χ1n) is 7.70. The molecular formula is C16H19ClN4O3S. The highest BCUT2D eigenvalue weighted by molar-refractivity contribution is 8.00. The Bertz CT molecular complexity index is 748. The third-order valence-corrected chi connectivity index (χ3v) is 4.66. The van der Waals surface area contributed by atoms with Gasteiger partial charge < -0.3 is 9.30 Å². The SMILES string of the molecule is CCCn1c(S[C@@H](C)C(=O)NC(=O)OC)nnc1-c1ccc(Cl)cc1. The smallest absolute Gasteiger partial charge is 0.413 e. The summed E-state index contributed by atoms with van der Waals surface area (Å²) in [6.45, 7) is 4.45. The highest BCUT2D eigenvalue weighted by atomic mass is 35.5. The molecule has 2 rings (SSSR count). The lowest BCUT2D eigenvalue weighted by atomic mass is 10.2. The maximum atomic E-state index is 12.0. The van der Waals surface area contributed by atoms with E-state index < -0.39 is 17.3 Å². The Hall–Kier alpha value is -2.06. The van der Waals surface area contributed by atoms with E-state index in [1.807, 2.05) is 23.6 Å².